The van der Waals surface area contributed by atoms with E-state index in [2.05, 4.69) is 10.3 Å². The Kier molecular flexibility index (Phi) is 9.70. The number of hydrogen-bond acceptors (Lipinski definition) is 4. The molecule has 0 radical (unpaired) electrons. The molecule has 148 valence electrons. The topological polar surface area (TPSA) is 70.3 Å². The van der Waals surface area contributed by atoms with Gasteiger partial charge in [0.2, 0.25) is 5.91 Å². The number of furan rings is 1. The van der Waals surface area contributed by atoms with Gasteiger partial charge in [-0.2, -0.15) is 0 Å². The van der Waals surface area contributed by atoms with Crippen molar-refractivity contribution in [3.63, 3.8) is 0 Å². The Morgan fingerprint density at radius 2 is 1.89 bits per heavy atom. The van der Waals surface area contributed by atoms with Gasteiger partial charge in [0.1, 0.15) is 11.5 Å². The number of hydrogen-bond donors (Lipinski definition) is 1. The molecule has 0 spiro atoms. The minimum atomic E-state index is -0.0199. The molecule has 2 aromatic rings. The van der Waals surface area contributed by atoms with Gasteiger partial charge >= 0.3 is 0 Å². The first-order valence-corrected chi connectivity index (χ1v) is 8.34. The van der Waals surface area contributed by atoms with Crippen molar-refractivity contribution in [3.8, 4) is 5.75 Å². The van der Waals surface area contributed by atoms with Crippen LogP contribution in [0, 0.1) is 0 Å². The quantitative estimate of drug-likeness (QED) is 0.370. The number of aliphatic imine (C=N–C) groups is 1. The van der Waals surface area contributed by atoms with E-state index in [9.17, 15) is 4.79 Å². The number of halogens is 1. The predicted octanol–water partition coefficient (Wildman–Crippen LogP) is 2.57. The van der Waals surface area contributed by atoms with Crippen molar-refractivity contribution in [2.75, 3.05) is 34.8 Å². The second-order valence-corrected chi connectivity index (χ2v) is 6.07. The normalized spacial score (nSPS) is 10.7. The zero-order chi connectivity index (χ0) is 18.9. The Morgan fingerprint density at radius 1 is 1.19 bits per heavy atom. The summed E-state index contributed by atoms with van der Waals surface area (Å²) in [5.41, 5.74) is 1.05. The lowest BCUT2D eigenvalue weighted by atomic mass is 10.2. The number of carbonyl (C=O) groups is 1. The van der Waals surface area contributed by atoms with Crippen molar-refractivity contribution in [1.82, 2.24) is 15.1 Å². The number of nitrogens with one attached hydrogen (secondary N) is 1. The summed E-state index contributed by atoms with van der Waals surface area (Å²) in [5.74, 6) is 2.24. The van der Waals surface area contributed by atoms with Crippen LogP contribution in [0.25, 0.3) is 0 Å². The molecule has 8 heteroatoms. The molecule has 0 aliphatic rings. The van der Waals surface area contributed by atoms with Gasteiger partial charge in [-0.25, -0.2) is 4.99 Å². The zero-order valence-electron chi connectivity index (χ0n) is 16.1. The van der Waals surface area contributed by atoms with Gasteiger partial charge in [0.15, 0.2) is 5.96 Å². The van der Waals surface area contributed by atoms with E-state index in [-0.39, 0.29) is 36.4 Å². The number of amides is 1. The van der Waals surface area contributed by atoms with Gasteiger partial charge in [0, 0.05) is 21.1 Å². The largest absolute Gasteiger partial charge is 0.497 e. The highest BCUT2D eigenvalue weighted by atomic mass is 127. The highest BCUT2D eigenvalue weighted by Crippen LogP contribution is 2.12. The van der Waals surface area contributed by atoms with Crippen LogP contribution in [0.3, 0.4) is 0 Å². The molecule has 1 N–H and O–H groups in total. The van der Waals surface area contributed by atoms with Crippen molar-refractivity contribution in [3.05, 3.63) is 54.0 Å². The summed E-state index contributed by atoms with van der Waals surface area (Å²) in [4.78, 5) is 20.0. The molecule has 0 unspecified atom stereocenters. The minimum absolute atomic E-state index is 0. The van der Waals surface area contributed by atoms with Crippen molar-refractivity contribution in [2.45, 2.75) is 13.1 Å². The molecular weight excluding hydrogens is 459 g/mol. The molecule has 1 aromatic heterocycles. The second-order valence-electron chi connectivity index (χ2n) is 6.07. The number of guanidine groups is 1. The summed E-state index contributed by atoms with van der Waals surface area (Å²) < 4.78 is 10.6. The number of methoxy groups -OCH3 is 1. The van der Waals surface area contributed by atoms with Crippen LogP contribution >= 0.6 is 24.0 Å². The van der Waals surface area contributed by atoms with E-state index < -0.39 is 0 Å². The van der Waals surface area contributed by atoms with Crippen molar-refractivity contribution in [2.24, 2.45) is 4.99 Å². The fourth-order valence-electron chi connectivity index (χ4n) is 2.23. The fourth-order valence-corrected chi connectivity index (χ4v) is 2.23. The summed E-state index contributed by atoms with van der Waals surface area (Å²) in [5, 5.41) is 3.12. The molecule has 1 amide bonds. The van der Waals surface area contributed by atoms with E-state index >= 15 is 0 Å². The summed E-state index contributed by atoms with van der Waals surface area (Å²) >= 11 is 0. The number of likely N-dealkylation sites (N-methyl/N-ethyl adjacent to an activating group) is 1. The van der Waals surface area contributed by atoms with Gasteiger partial charge in [-0.15, -0.1) is 24.0 Å². The Labute approximate surface area is 177 Å². The molecular formula is C19H27IN4O3. The van der Waals surface area contributed by atoms with Crippen LogP contribution in [0.4, 0.5) is 0 Å². The molecule has 0 atom stereocenters. The lowest BCUT2D eigenvalue weighted by molar-refractivity contribution is -0.127. The summed E-state index contributed by atoms with van der Waals surface area (Å²) in [6.45, 7) is 1.22. The van der Waals surface area contributed by atoms with E-state index in [1.807, 2.05) is 48.3 Å². The first-order valence-electron chi connectivity index (χ1n) is 8.34. The Bertz CT molecular complexity index is 715. The Morgan fingerprint density at radius 3 is 2.44 bits per heavy atom. The first-order chi connectivity index (χ1) is 12.5. The number of rotatable bonds is 7. The summed E-state index contributed by atoms with van der Waals surface area (Å²) in [6.07, 6.45) is 1.64. The smallest absolute Gasteiger partial charge is 0.241 e. The lowest BCUT2D eigenvalue weighted by Gasteiger charge is -2.22. The predicted molar refractivity (Wildman–Crippen MR) is 116 cm³/mol. The average molecular weight is 486 g/mol. The van der Waals surface area contributed by atoms with Crippen LogP contribution in [0.1, 0.15) is 11.3 Å². The molecule has 0 saturated carbocycles. The highest BCUT2D eigenvalue weighted by Gasteiger charge is 2.11. The van der Waals surface area contributed by atoms with E-state index in [1.54, 1.807) is 32.4 Å². The lowest BCUT2D eigenvalue weighted by Crippen LogP contribution is -2.43. The second kappa shape index (κ2) is 11.5. The molecule has 7 nitrogen and oxygen atoms in total. The van der Waals surface area contributed by atoms with Crippen molar-refractivity contribution >= 4 is 35.8 Å². The molecule has 0 aliphatic carbocycles. The molecule has 0 fully saturated rings. The number of ether oxygens (including phenoxy) is 1. The Balaban J connectivity index is 0.00000364. The molecule has 0 aliphatic heterocycles. The highest BCUT2D eigenvalue weighted by molar-refractivity contribution is 14.0. The molecule has 0 bridgehead atoms. The van der Waals surface area contributed by atoms with E-state index in [0.29, 0.717) is 19.0 Å². The van der Waals surface area contributed by atoms with Crippen molar-refractivity contribution < 1.29 is 13.9 Å². The summed E-state index contributed by atoms with van der Waals surface area (Å²) in [7, 11) is 7.00. The third-order valence-corrected chi connectivity index (χ3v) is 3.80. The van der Waals surface area contributed by atoms with Gasteiger partial charge in [0.05, 0.1) is 33.0 Å². The maximum Gasteiger partial charge on any atom is 0.241 e. The minimum Gasteiger partial charge on any atom is -0.497 e. The maximum atomic E-state index is 11.9. The van der Waals surface area contributed by atoms with E-state index in [1.165, 1.54) is 0 Å². The molecule has 1 aromatic carbocycles. The van der Waals surface area contributed by atoms with Crippen LogP contribution in [-0.4, -0.2) is 56.5 Å². The SMILES string of the molecule is COc1ccc(CN=C(NCC(=O)N(C)C)N(C)Cc2ccco2)cc1.I. The number of carbonyl (C=O) groups excluding carboxylic acids is 1. The third-order valence-electron chi connectivity index (χ3n) is 3.80. The van der Waals surface area contributed by atoms with Crippen LogP contribution < -0.4 is 10.1 Å². The number of nitrogens with zero attached hydrogens (tertiary/aromatic N) is 3. The molecule has 27 heavy (non-hydrogen) atoms. The monoisotopic (exact) mass is 486 g/mol. The molecule has 1 heterocycles. The molecule has 0 saturated heterocycles. The third kappa shape index (κ3) is 7.49. The zero-order valence-corrected chi connectivity index (χ0v) is 18.5. The van der Waals surface area contributed by atoms with E-state index in [0.717, 1.165) is 17.1 Å². The Hall–Kier alpha value is -2.23. The van der Waals surface area contributed by atoms with Gasteiger partial charge in [-0.3, -0.25) is 4.79 Å². The van der Waals surface area contributed by atoms with Crippen LogP contribution in [0.5, 0.6) is 5.75 Å². The fraction of sp³-hybridized carbons (Fsp3) is 0.368. The van der Waals surface area contributed by atoms with Gasteiger partial charge in [0.25, 0.3) is 0 Å². The van der Waals surface area contributed by atoms with Crippen LogP contribution in [-0.2, 0) is 17.9 Å². The summed E-state index contributed by atoms with van der Waals surface area (Å²) in [6, 6.07) is 11.5. The van der Waals surface area contributed by atoms with Gasteiger partial charge in [-0.1, -0.05) is 12.1 Å². The van der Waals surface area contributed by atoms with Crippen LogP contribution in [0.2, 0.25) is 0 Å². The molecule has 2 rings (SSSR count). The average Bonchev–Trinajstić information content (AvgIpc) is 3.14. The van der Waals surface area contributed by atoms with E-state index in [4.69, 9.17) is 9.15 Å². The first kappa shape index (κ1) is 22.8. The van der Waals surface area contributed by atoms with Crippen molar-refractivity contribution in [1.29, 1.82) is 0 Å². The number of benzene rings is 1. The standard InChI is InChI=1S/C19H26N4O3.HI/c1-22(2)18(24)13-21-19(23(3)14-17-6-5-11-26-17)20-12-15-7-9-16(25-4)10-8-15;/h5-11H,12-14H2,1-4H3,(H,20,21);1H. The van der Waals surface area contributed by atoms with Gasteiger partial charge < -0.3 is 24.3 Å². The maximum absolute atomic E-state index is 11.9. The van der Waals surface area contributed by atoms with Crippen LogP contribution in [0.15, 0.2) is 52.1 Å². The van der Waals surface area contributed by atoms with Gasteiger partial charge in [-0.05, 0) is 29.8 Å².